The molecule has 0 unspecified atom stereocenters. The van der Waals surface area contributed by atoms with Crippen LogP contribution in [0.15, 0.2) is 48.5 Å². The molecule has 0 spiro atoms. The van der Waals surface area contributed by atoms with Gasteiger partial charge in [0.2, 0.25) is 11.8 Å². The molecule has 3 N–H and O–H groups in total. The van der Waals surface area contributed by atoms with Gasteiger partial charge >= 0.3 is 5.97 Å². The molecular weight excluding hydrogens is 368 g/mol. The molecule has 0 saturated heterocycles. The van der Waals surface area contributed by atoms with E-state index in [4.69, 9.17) is 0 Å². The highest BCUT2D eigenvalue weighted by Gasteiger charge is 2.21. The second-order valence-electron chi connectivity index (χ2n) is 7.44. The Hall–Kier alpha value is -3.15. The van der Waals surface area contributed by atoms with Crippen molar-refractivity contribution in [2.24, 2.45) is 5.92 Å². The van der Waals surface area contributed by atoms with Crippen LogP contribution in [0.25, 0.3) is 0 Å². The van der Waals surface area contributed by atoms with Crippen LogP contribution >= 0.6 is 0 Å². The number of carbonyl (C=O) groups is 3. The molecule has 1 saturated carbocycles. The van der Waals surface area contributed by atoms with Gasteiger partial charge in [-0.15, -0.1) is 0 Å². The Morgan fingerprint density at radius 2 is 1.72 bits per heavy atom. The van der Waals surface area contributed by atoms with Crippen LogP contribution in [-0.4, -0.2) is 22.9 Å². The first kappa shape index (κ1) is 20.6. The highest BCUT2D eigenvalue weighted by molar-refractivity contribution is 5.93. The molecule has 0 heterocycles. The van der Waals surface area contributed by atoms with E-state index in [0.29, 0.717) is 12.1 Å². The van der Waals surface area contributed by atoms with E-state index in [1.807, 2.05) is 24.3 Å². The average molecular weight is 394 g/mol. The minimum absolute atomic E-state index is 0.000575. The maximum absolute atomic E-state index is 12.4. The molecule has 152 valence electrons. The molecule has 3 rings (SSSR count). The van der Waals surface area contributed by atoms with Gasteiger partial charge in [0.25, 0.3) is 0 Å². The normalized spacial score (nSPS) is 14.2. The molecule has 6 nitrogen and oxygen atoms in total. The van der Waals surface area contributed by atoms with Gasteiger partial charge in [0.15, 0.2) is 0 Å². The largest absolute Gasteiger partial charge is 0.478 e. The number of hydrogen-bond acceptors (Lipinski definition) is 3. The molecular formula is C23H26N2O4. The number of benzene rings is 2. The van der Waals surface area contributed by atoms with Crippen molar-refractivity contribution in [1.29, 1.82) is 0 Å². The third kappa shape index (κ3) is 5.91. The van der Waals surface area contributed by atoms with Crippen molar-refractivity contribution in [2.75, 3.05) is 5.32 Å². The van der Waals surface area contributed by atoms with Crippen LogP contribution < -0.4 is 10.6 Å². The Balaban J connectivity index is 1.54. The summed E-state index contributed by atoms with van der Waals surface area (Å²) in [5, 5.41) is 15.0. The first-order valence-electron chi connectivity index (χ1n) is 10.0. The van der Waals surface area contributed by atoms with E-state index < -0.39 is 5.97 Å². The number of carboxylic acid groups (broad SMARTS) is 1. The molecule has 0 bridgehead atoms. The molecule has 6 heteroatoms. The van der Waals surface area contributed by atoms with Crippen LogP contribution in [0.3, 0.4) is 0 Å². The quantitative estimate of drug-likeness (QED) is 0.666. The lowest BCUT2D eigenvalue weighted by Crippen LogP contribution is -2.26. The van der Waals surface area contributed by atoms with Crippen LogP contribution in [-0.2, 0) is 22.6 Å². The van der Waals surface area contributed by atoms with Gasteiger partial charge in [-0.1, -0.05) is 49.6 Å². The maximum Gasteiger partial charge on any atom is 0.335 e. The summed E-state index contributed by atoms with van der Waals surface area (Å²) >= 11 is 0. The first-order valence-corrected chi connectivity index (χ1v) is 10.0. The average Bonchev–Trinajstić information content (AvgIpc) is 2.73. The van der Waals surface area contributed by atoms with Crippen molar-refractivity contribution in [3.8, 4) is 0 Å². The minimum Gasteiger partial charge on any atom is -0.478 e. The zero-order valence-electron chi connectivity index (χ0n) is 16.3. The summed E-state index contributed by atoms with van der Waals surface area (Å²) in [6.07, 6.45) is 5.31. The van der Waals surface area contributed by atoms with Crippen LogP contribution in [0.5, 0.6) is 0 Å². The smallest absolute Gasteiger partial charge is 0.335 e. The monoisotopic (exact) mass is 394 g/mol. The molecule has 29 heavy (non-hydrogen) atoms. The van der Waals surface area contributed by atoms with Gasteiger partial charge in [0, 0.05) is 18.2 Å². The molecule has 1 aliphatic rings. The minimum atomic E-state index is -1.05. The highest BCUT2D eigenvalue weighted by Crippen LogP contribution is 2.25. The lowest BCUT2D eigenvalue weighted by molar-refractivity contribution is -0.121. The summed E-state index contributed by atoms with van der Waals surface area (Å²) < 4.78 is 0. The van der Waals surface area contributed by atoms with Gasteiger partial charge < -0.3 is 15.7 Å². The fourth-order valence-electron chi connectivity index (χ4n) is 3.69. The van der Waals surface area contributed by atoms with Crippen LogP contribution in [0.2, 0.25) is 0 Å². The number of anilines is 1. The first-order chi connectivity index (χ1) is 14.0. The molecule has 0 aromatic heterocycles. The van der Waals surface area contributed by atoms with E-state index in [2.05, 4.69) is 10.6 Å². The fraction of sp³-hybridized carbons (Fsp3) is 0.348. The number of carboxylic acids is 1. The summed E-state index contributed by atoms with van der Waals surface area (Å²) in [5.41, 5.74) is 2.20. The van der Waals surface area contributed by atoms with E-state index >= 15 is 0 Å². The number of amides is 2. The molecule has 1 fully saturated rings. The standard InChI is InChI=1S/C23H26N2O4/c26-21(14-18-10-4-5-12-20(18)23(28)29)24-15-16-7-6-11-19(13-16)25-22(27)17-8-2-1-3-9-17/h4-7,10-13,17H,1-3,8-9,14-15H2,(H,24,26)(H,25,27)(H,28,29). The molecule has 0 atom stereocenters. The van der Waals surface area contributed by atoms with Gasteiger partial charge in [-0.05, 0) is 42.2 Å². The summed E-state index contributed by atoms with van der Waals surface area (Å²) in [7, 11) is 0. The summed E-state index contributed by atoms with van der Waals surface area (Å²) in [5.74, 6) is -1.15. The van der Waals surface area contributed by atoms with Gasteiger partial charge in [-0.2, -0.15) is 0 Å². The SMILES string of the molecule is O=C(Cc1ccccc1C(=O)O)NCc1cccc(NC(=O)C2CCCCC2)c1. The Morgan fingerprint density at radius 3 is 2.48 bits per heavy atom. The van der Waals surface area contributed by atoms with E-state index in [0.717, 1.165) is 36.9 Å². The van der Waals surface area contributed by atoms with Gasteiger partial charge in [0.05, 0.1) is 12.0 Å². The van der Waals surface area contributed by atoms with Crippen molar-refractivity contribution < 1.29 is 19.5 Å². The predicted molar refractivity (Wildman–Crippen MR) is 111 cm³/mol. The summed E-state index contributed by atoms with van der Waals surface area (Å²) in [4.78, 5) is 35.9. The van der Waals surface area contributed by atoms with Crippen molar-refractivity contribution in [2.45, 2.75) is 45.1 Å². The van der Waals surface area contributed by atoms with E-state index in [1.54, 1.807) is 18.2 Å². The van der Waals surface area contributed by atoms with Crippen LogP contribution in [0.1, 0.15) is 53.6 Å². The highest BCUT2D eigenvalue weighted by atomic mass is 16.4. The van der Waals surface area contributed by atoms with Crippen LogP contribution in [0.4, 0.5) is 5.69 Å². The van der Waals surface area contributed by atoms with E-state index in [9.17, 15) is 19.5 Å². The fourth-order valence-corrected chi connectivity index (χ4v) is 3.69. The number of carbonyl (C=O) groups excluding carboxylic acids is 2. The molecule has 0 aliphatic heterocycles. The summed E-state index contributed by atoms with van der Waals surface area (Å²) in [6.45, 7) is 0.307. The van der Waals surface area contributed by atoms with E-state index in [-0.39, 0.29) is 29.7 Å². The number of hydrogen-bond donors (Lipinski definition) is 3. The predicted octanol–water partition coefficient (Wildman–Crippen LogP) is 3.76. The van der Waals surface area contributed by atoms with Gasteiger partial charge in [-0.25, -0.2) is 4.79 Å². The van der Waals surface area contributed by atoms with Crippen molar-refractivity contribution in [3.05, 3.63) is 65.2 Å². The zero-order valence-corrected chi connectivity index (χ0v) is 16.3. The molecule has 0 radical (unpaired) electrons. The Bertz CT molecular complexity index is 888. The molecule has 2 aromatic carbocycles. The molecule has 2 aromatic rings. The van der Waals surface area contributed by atoms with Crippen LogP contribution in [0, 0.1) is 5.92 Å². The second-order valence-corrected chi connectivity index (χ2v) is 7.44. The second kappa shape index (κ2) is 9.87. The molecule has 2 amide bonds. The summed E-state index contributed by atoms with van der Waals surface area (Å²) in [6, 6.07) is 13.9. The third-order valence-corrected chi connectivity index (χ3v) is 5.26. The van der Waals surface area contributed by atoms with Crippen molar-refractivity contribution in [1.82, 2.24) is 5.32 Å². The van der Waals surface area contributed by atoms with Crippen molar-refractivity contribution >= 4 is 23.5 Å². The number of nitrogens with one attached hydrogen (secondary N) is 2. The Kier molecular flexibility index (Phi) is 7.00. The van der Waals surface area contributed by atoms with E-state index in [1.165, 1.54) is 12.5 Å². The maximum atomic E-state index is 12.4. The number of rotatable bonds is 7. The topological polar surface area (TPSA) is 95.5 Å². The molecule has 1 aliphatic carbocycles. The Morgan fingerprint density at radius 1 is 0.966 bits per heavy atom. The third-order valence-electron chi connectivity index (χ3n) is 5.26. The lowest BCUT2D eigenvalue weighted by Gasteiger charge is -2.20. The Labute approximate surface area is 170 Å². The van der Waals surface area contributed by atoms with Gasteiger partial charge in [-0.3, -0.25) is 9.59 Å². The van der Waals surface area contributed by atoms with Crippen molar-refractivity contribution in [3.63, 3.8) is 0 Å². The van der Waals surface area contributed by atoms with Gasteiger partial charge in [0.1, 0.15) is 0 Å². The zero-order chi connectivity index (χ0) is 20.6. The number of aromatic carboxylic acids is 1. The lowest BCUT2D eigenvalue weighted by atomic mass is 9.88.